The zero-order valence-corrected chi connectivity index (χ0v) is 16.2. The molecule has 1 heterocycles. The molecule has 2 amide bonds. The maximum atomic E-state index is 12.5. The molecule has 0 radical (unpaired) electrons. The third-order valence-electron chi connectivity index (χ3n) is 4.13. The van der Waals surface area contributed by atoms with E-state index in [-0.39, 0.29) is 11.7 Å². The molecule has 0 aliphatic heterocycles. The van der Waals surface area contributed by atoms with Crippen molar-refractivity contribution >= 4 is 23.6 Å². The van der Waals surface area contributed by atoms with Crippen molar-refractivity contribution in [3.63, 3.8) is 0 Å². The Hall–Kier alpha value is -3.06. The van der Waals surface area contributed by atoms with Crippen LogP contribution in [0.5, 0.6) is 0 Å². The topological polar surface area (TPSA) is 90.0 Å². The highest BCUT2D eigenvalue weighted by Crippen LogP contribution is 2.22. The fourth-order valence-corrected chi connectivity index (χ4v) is 3.59. The van der Waals surface area contributed by atoms with Crippen LogP contribution in [-0.2, 0) is 17.8 Å². The summed E-state index contributed by atoms with van der Waals surface area (Å²) in [6, 6.07) is 17.4. The predicted octanol–water partition coefficient (Wildman–Crippen LogP) is 2.48. The summed E-state index contributed by atoms with van der Waals surface area (Å²) in [6.07, 6.45) is 4.35. The van der Waals surface area contributed by atoms with Gasteiger partial charge in [0.1, 0.15) is 5.82 Å². The summed E-state index contributed by atoms with van der Waals surface area (Å²) in [6.45, 7) is 1.22. The maximum Gasteiger partial charge on any atom is 0.252 e. The molecule has 7 heteroatoms. The molecule has 3 rings (SSSR count). The van der Waals surface area contributed by atoms with Crippen molar-refractivity contribution in [2.75, 3.05) is 12.3 Å². The first-order chi connectivity index (χ1) is 13.6. The quantitative estimate of drug-likeness (QED) is 0.546. The summed E-state index contributed by atoms with van der Waals surface area (Å²) in [7, 11) is 0. The van der Waals surface area contributed by atoms with E-state index < -0.39 is 5.91 Å². The van der Waals surface area contributed by atoms with Crippen LogP contribution in [0.4, 0.5) is 0 Å². The standard InChI is InChI=1S/C21H22N4O2S/c22-19(26)15-28-18-9-5-4-8-17(18)21(27)24-11-10-20-23-12-13-25(20)14-16-6-2-1-3-7-16/h1-9,12-13H,10-11,14-15H2,(H2,22,26)(H,24,27). The normalized spacial score (nSPS) is 10.6. The summed E-state index contributed by atoms with van der Waals surface area (Å²) in [5.74, 6) is 0.473. The van der Waals surface area contributed by atoms with Crippen molar-refractivity contribution < 1.29 is 9.59 Å². The van der Waals surface area contributed by atoms with Crippen LogP contribution in [0.25, 0.3) is 0 Å². The zero-order chi connectivity index (χ0) is 19.8. The molecule has 3 N–H and O–H groups in total. The SMILES string of the molecule is NC(=O)CSc1ccccc1C(=O)NCCc1nccn1Cc1ccccc1. The third-order valence-corrected chi connectivity index (χ3v) is 5.23. The van der Waals surface area contributed by atoms with E-state index in [1.54, 1.807) is 18.3 Å². The van der Waals surface area contributed by atoms with Gasteiger partial charge in [-0.3, -0.25) is 9.59 Å². The molecule has 0 spiro atoms. The van der Waals surface area contributed by atoms with E-state index in [1.165, 1.54) is 17.3 Å². The summed E-state index contributed by atoms with van der Waals surface area (Å²) in [5, 5.41) is 2.93. The summed E-state index contributed by atoms with van der Waals surface area (Å²) in [5.41, 5.74) is 6.94. The second-order valence-corrected chi connectivity index (χ2v) is 7.23. The van der Waals surface area contributed by atoms with Gasteiger partial charge >= 0.3 is 0 Å². The number of nitrogens with one attached hydrogen (secondary N) is 1. The molecule has 0 saturated heterocycles. The van der Waals surface area contributed by atoms with Gasteiger partial charge in [-0.15, -0.1) is 11.8 Å². The molecule has 0 atom stereocenters. The highest BCUT2D eigenvalue weighted by atomic mass is 32.2. The molecule has 0 aliphatic rings. The molecule has 6 nitrogen and oxygen atoms in total. The van der Waals surface area contributed by atoms with E-state index >= 15 is 0 Å². The number of aromatic nitrogens is 2. The van der Waals surface area contributed by atoms with Crippen LogP contribution in [0, 0.1) is 0 Å². The number of rotatable bonds is 9. The summed E-state index contributed by atoms with van der Waals surface area (Å²) >= 11 is 1.27. The maximum absolute atomic E-state index is 12.5. The Labute approximate surface area is 168 Å². The number of carbonyl (C=O) groups is 2. The largest absolute Gasteiger partial charge is 0.369 e. The molecule has 0 aliphatic carbocycles. The lowest BCUT2D eigenvalue weighted by Gasteiger charge is -2.11. The minimum Gasteiger partial charge on any atom is -0.369 e. The molecule has 144 valence electrons. The molecule has 0 fully saturated rings. The lowest BCUT2D eigenvalue weighted by Crippen LogP contribution is -2.27. The molecule has 2 aromatic carbocycles. The van der Waals surface area contributed by atoms with Crippen molar-refractivity contribution in [2.24, 2.45) is 5.73 Å². The second kappa shape index (κ2) is 9.75. The zero-order valence-electron chi connectivity index (χ0n) is 15.4. The van der Waals surface area contributed by atoms with Crippen molar-refractivity contribution in [1.29, 1.82) is 0 Å². The van der Waals surface area contributed by atoms with Crippen molar-refractivity contribution in [2.45, 2.75) is 17.9 Å². The first-order valence-corrected chi connectivity index (χ1v) is 9.94. The van der Waals surface area contributed by atoms with Crippen LogP contribution in [0.2, 0.25) is 0 Å². The molecule has 0 bridgehead atoms. The van der Waals surface area contributed by atoms with Gasteiger partial charge in [-0.2, -0.15) is 0 Å². The summed E-state index contributed by atoms with van der Waals surface area (Å²) in [4.78, 5) is 28.7. The average molecular weight is 395 g/mol. The van der Waals surface area contributed by atoms with Gasteiger partial charge in [0.2, 0.25) is 5.91 Å². The first-order valence-electron chi connectivity index (χ1n) is 8.96. The van der Waals surface area contributed by atoms with Crippen molar-refractivity contribution in [1.82, 2.24) is 14.9 Å². The number of thioether (sulfide) groups is 1. The van der Waals surface area contributed by atoms with Crippen molar-refractivity contribution in [3.8, 4) is 0 Å². The molecular formula is C21H22N4O2S. The number of imidazole rings is 1. The van der Waals surface area contributed by atoms with Gasteiger partial charge in [-0.05, 0) is 17.7 Å². The Balaban J connectivity index is 1.57. The Morgan fingerprint density at radius 1 is 1.07 bits per heavy atom. The minimum atomic E-state index is -0.412. The third kappa shape index (κ3) is 5.47. The van der Waals surface area contributed by atoms with Crippen LogP contribution in [0.3, 0.4) is 0 Å². The highest BCUT2D eigenvalue weighted by molar-refractivity contribution is 8.00. The highest BCUT2D eigenvalue weighted by Gasteiger charge is 2.12. The monoisotopic (exact) mass is 394 g/mol. The number of amides is 2. The van der Waals surface area contributed by atoms with Gasteiger partial charge in [0.05, 0.1) is 11.3 Å². The van der Waals surface area contributed by atoms with Crippen LogP contribution in [-0.4, -0.2) is 33.7 Å². The van der Waals surface area contributed by atoms with Crippen LogP contribution < -0.4 is 11.1 Å². The van der Waals surface area contributed by atoms with Crippen LogP contribution in [0.15, 0.2) is 71.9 Å². The molecule has 1 aromatic heterocycles. The molecule has 0 unspecified atom stereocenters. The van der Waals surface area contributed by atoms with Gasteiger partial charge in [-0.25, -0.2) is 4.98 Å². The van der Waals surface area contributed by atoms with Gasteiger partial charge in [-0.1, -0.05) is 42.5 Å². The molecular weight excluding hydrogens is 372 g/mol. The lowest BCUT2D eigenvalue weighted by molar-refractivity contribution is -0.115. The van der Waals surface area contributed by atoms with E-state index in [9.17, 15) is 9.59 Å². The smallest absolute Gasteiger partial charge is 0.252 e. The Kier molecular flexibility index (Phi) is 6.86. The average Bonchev–Trinajstić information content (AvgIpc) is 3.14. The minimum absolute atomic E-state index is 0.140. The van der Waals surface area contributed by atoms with Crippen molar-refractivity contribution in [3.05, 3.63) is 83.9 Å². The summed E-state index contributed by atoms with van der Waals surface area (Å²) < 4.78 is 2.08. The number of primary amides is 1. The number of nitrogens with zero attached hydrogens (tertiary/aromatic N) is 2. The predicted molar refractivity (Wildman–Crippen MR) is 110 cm³/mol. The number of hydrogen-bond donors (Lipinski definition) is 2. The van der Waals surface area contributed by atoms with Crippen LogP contribution in [0.1, 0.15) is 21.7 Å². The Bertz CT molecular complexity index is 940. The number of carbonyl (C=O) groups excluding carboxylic acids is 2. The van der Waals surface area contributed by atoms with E-state index in [1.807, 2.05) is 36.5 Å². The van der Waals surface area contributed by atoms with Gasteiger partial charge in [0.15, 0.2) is 0 Å². The second-order valence-electron chi connectivity index (χ2n) is 6.21. The Morgan fingerprint density at radius 3 is 2.61 bits per heavy atom. The fourth-order valence-electron chi connectivity index (χ4n) is 2.80. The van der Waals surface area contributed by atoms with Gasteiger partial charge < -0.3 is 15.6 Å². The molecule has 3 aromatic rings. The number of hydrogen-bond acceptors (Lipinski definition) is 4. The van der Waals surface area contributed by atoms with E-state index in [0.29, 0.717) is 18.5 Å². The molecule has 0 saturated carbocycles. The molecule has 28 heavy (non-hydrogen) atoms. The lowest BCUT2D eigenvalue weighted by atomic mass is 10.2. The Morgan fingerprint density at radius 2 is 1.82 bits per heavy atom. The number of nitrogens with two attached hydrogens (primary N) is 1. The van der Waals surface area contributed by atoms with E-state index in [0.717, 1.165) is 17.3 Å². The first kappa shape index (κ1) is 19.7. The van der Waals surface area contributed by atoms with E-state index in [4.69, 9.17) is 5.73 Å². The number of benzene rings is 2. The van der Waals surface area contributed by atoms with E-state index in [2.05, 4.69) is 27.0 Å². The van der Waals surface area contributed by atoms with Gasteiger partial charge in [0.25, 0.3) is 5.91 Å². The fraction of sp³-hybridized carbons (Fsp3) is 0.190. The van der Waals surface area contributed by atoms with Crippen LogP contribution >= 0.6 is 11.8 Å². The van der Waals surface area contributed by atoms with Gasteiger partial charge in [0, 0.05) is 36.8 Å².